The van der Waals surface area contributed by atoms with Gasteiger partial charge in [0.05, 0.1) is 0 Å². The number of hydrogen-bond acceptors (Lipinski definition) is 2. The summed E-state index contributed by atoms with van der Waals surface area (Å²) in [5.41, 5.74) is 3.51. The van der Waals surface area contributed by atoms with E-state index in [-0.39, 0.29) is 6.10 Å². The standard InChI is InChI=1S/C12H16O2/c1-4-12(14-8-13)11-6-5-9(2)7-10(11)3/h5-8,12H,4H2,1-3H3. The normalized spacial score (nSPS) is 12.2. The van der Waals surface area contributed by atoms with Crippen LogP contribution in [0, 0.1) is 13.8 Å². The Labute approximate surface area is 84.9 Å². The Hall–Kier alpha value is -1.31. The van der Waals surface area contributed by atoms with Crippen molar-refractivity contribution in [3.8, 4) is 0 Å². The van der Waals surface area contributed by atoms with Gasteiger partial charge in [-0.2, -0.15) is 0 Å². The molecule has 0 spiro atoms. The van der Waals surface area contributed by atoms with Crippen molar-refractivity contribution in [3.05, 3.63) is 34.9 Å². The molecule has 0 bridgehead atoms. The van der Waals surface area contributed by atoms with E-state index >= 15 is 0 Å². The molecule has 0 aliphatic heterocycles. The second-order valence-electron chi connectivity index (χ2n) is 3.49. The van der Waals surface area contributed by atoms with Gasteiger partial charge in [0.25, 0.3) is 6.47 Å². The molecule has 0 amide bonds. The maximum absolute atomic E-state index is 10.3. The fourth-order valence-corrected chi connectivity index (χ4v) is 1.64. The largest absolute Gasteiger partial charge is 0.460 e. The molecule has 0 saturated carbocycles. The molecule has 1 atom stereocenters. The van der Waals surface area contributed by atoms with Gasteiger partial charge in [0.2, 0.25) is 0 Å². The topological polar surface area (TPSA) is 26.3 Å². The van der Waals surface area contributed by atoms with Crippen LogP contribution in [0.4, 0.5) is 0 Å². The third kappa shape index (κ3) is 2.34. The van der Waals surface area contributed by atoms with Gasteiger partial charge in [-0.05, 0) is 31.4 Å². The maximum Gasteiger partial charge on any atom is 0.293 e. The zero-order valence-corrected chi connectivity index (χ0v) is 8.91. The summed E-state index contributed by atoms with van der Waals surface area (Å²) < 4.78 is 5.02. The van der Waals surface area contributed by atoms with Crippen molar-refractivity contribution >= 4 is 6.47 Å². The molecule has 1 aromatic carbocycles. The van der Waals surface area contributed by atoms with Gasteiger partial charge in [0, 0.05) is 0 Å². The van der Waals surface area contributed by atoms with Crippen LogP contribution < -0.4 is 0 Å². The average Bonchev–Trinajstić information content (AvgIpc) is 2.15. The maximum atomic E-state index is 10.3. The van der Waals surface area contributed by atoms with E-state index in [1.54, 1.807) is 0 Å². The fraction of sp³-hybridized carbons (Fsp3) is 0.417. The van der Waals surface area contributed by atoms with Crippen molar-refractivity contribution in [2.24, 2.45) is 0 Å². The summed E-state index contributed by atoms with van der Waals surface area (Å²) in [6.07, 6.45) is 0.705. The highest BCUT2D eigenvalue weighted by Gasteiger charge is 2.11. The van der Waals surface area contributed by atoms with Gasteiger partial charge in [-0.25, -0.2) is 0 Å². The molecular formula is C12H16O2. The summed E-state index contributed by atoms with van der Waals surface area (Å²) in [4.78, 5) is 10.3. The molecule has 14 heavy (non-hydrogen) atoms. The molecule has 0 N–H and O–H groups in total. The first-order valence-corrected chi connectivity index (χ1v) is 4.85. The Morgan fingerprint density at radius 2 is 2.14 bits per heavy atom. The quantitative estimate of drug-likeness (QED) is 0.685. The van der Waals surface area contributed by atoms with Crippen molar-refractivity contribution in [2.45, 2.75) is 33.3 Å². The molecule has 0 aromatic heterocycles. The molecule has 76 valence electrons. The Bertz CT molecular complexity index is 318. The van der Waals surface area contributed by atoms with Gasteiger partial charge in [-0.15, -0.1) is 0 Å². The van der Waals surface area contributed by atoms with Crippen LogP contribution in [0.3, 0.4) is 0 Å². The highest BCUT2D eigenvalue weighted by Crippen LogP contribution is 2.24. The second-order valence-corrected chi connectivity index (χ2v) is 3.49. The molecule has 0 radical (unpaired) electrons. The minimum atomic E-state index is -0.104. The molecule has 0 saturated heterocycles. The number of rotatable bonds is 4. The van der Waals surface area contributed by atoms with Crippen LogP contribution in [0.5, 0.6) is 0 Å². The van der Waals surface area contributed by atoms with Gasteiger partial charge in [-0.3, -0.25) is 4.79 Å². The SMILES string of the molecule is CCC(OC=O)c1ccc(C)cc1C. The molecule has 0 aliphatic rings. The first kappa shape index (κ1) is 10.8. The summed E-state index contributed by atoms with van der Waals surface area (Å²) in [5.74, 6) is 0. The van der Waals surface area contributed by atoms with Crippen LogP contribution in [-0.4, -0.2) is 6.47 Å². The minimum Gasteiger partial charge on any atom is -0.460 e. The Morgan fingerprint density at radius 3 is 2.64 bits per heavy atom. The monoisotopic (exact) mass is 192 g/mol. The van der Waals surface area contributed by atoms with Gasteiger partial charge in [0.15, 0.2) is 0 Å². The Morgan fingerprint density at radius 1 is 1.43 bits per heavy atom. The van der Waals surface area contributed by atoms with Gasteiger partial charge < -0.3 is 4.74 Å². The van der Waals surface area contributed by atoms with Crippen LogP contribution in [0.1, 0.15) is 36.1 Å². The lowest BCUT2D eigenvalue weighted by atomic mass is 10.00. The summed E-state index contributed by atoms with van der Waals surface area (Å²) in [6, 6.07) is 6.17. The van der Waals surface area contributed by atoms with Crippen LogP contribution in [-0.2, 0) is 9.53 Å². The van der Waals surface area contributed by atoms with Crippen molar-refractivity contribution < 1.29 is 9.53 Å². The lowest BCUT2D eigenvalue weighted by Crippen LogP contribution is -2.03. The highest BCUT2D eigenvalue weighted by molar-refractivity contribution is 5.40. The first-order valence-electron chi connectivity index (χ1n) is 4.85. The van der Waals surface area contributed by atoms with E-state index in [1.807, 2.05) is 26.0 Å². The lowest BCUT2D eigenvalue weighted by Gasteiger charge is -2.16. The molecule has 0 fully saturated rings. The third-order valence-electron chi connectivity index (χ3n) is 2.36. The van der Waals surface area contributed by atoms with Crippen LogP contribution in [0.15, 0.2) is 18.2 Å². The minimum absolute atomic E-state index is 0.104. The van der Waals surface area contributed by atoms with Crippen molar-refractivity contribution in [3.63, 3.8) is 0 Å². The predicted molar refractivity (Wildman–Crippen MR) is 56.1 cm³/mol. The number of aryl methyl sites for hydroxylation is 2. The zero-order valence-electron chi connectivity index (χ0n) is 8.91. The number of benzene rings is 1. The molecule has 2 nitrogen and oxygen atoms in total. The molecule has 1 unspecified atom stereocenters. The van der Waals surface area contributed by atoms with E-state index in [0.717, 1.165) is 12.0 Å². The predicted octanol–water partition coefficient (Wildman–Crippen LogP) is 2.93. The lowest BCUT2D eigenvalue weighted by molar-refractivity contribution is -0.134. The van der Waals surface area contributed by atoms with Gasteiger partial charge >= 0.3 is 0 Å². The summed E-state index contributed by atoms with van der Waals surface area (Å²) in [7, 11) is 0. The molecule has 1 rings (SSSR count). The second kappa shape index (κ2) is 4.80. The third-order valence-corrected chi connectivity index (χ3v) is 2.36. The Balaban J connectivity index is 2.97. The molecule has 2 heteroatoms. The van der Waals surface area contributed by atoms with E-state index in [0.29, 0.717) is 6.47 Å². The van der Waals surface area contributed by atoms with E-state index in [1.165, 1.54) is 11.1 Å². The number of carbonyl (C=O) groups is 1. The summed E-state index contributed by atoms with van der Waals surface area (Å²) in [5, 5.41) is 0. The first-order chi connectivity index (χ1) is 6.69. The van der Waals surface area contributed by atoms with E-state index in [9.17, 15) is 4.79 Å². The van der Waals surface area contributed by atoms with Crippen LogP contribution >= 0.6 is 0 Å². The molecular weight excluding hydrogens is 176 g/mol. The number of hydrogen-bond donors (Lipinski definition) is 0. The Kier molecular flexibility index (Phi) is 3.69. The summed E-state index contributed by atoms with van der Waals surface area (Å²) in [6.45, 7) is 6.62. The van der Waals surface area contributed by atoms with Crippen LogP contribution in [0.2, 0.25) is 0 Å². The van der Waals surface area contributed by atoms with Gasteiger partial charge in [0.1, 0.15) is 6.10 Å². The van der Waals surface area contributed by atoms with Crippen molar-refractivity contribution in [2.75, 3.05) is 0 Å². The average molecular weight is 192 g/mol. The van der Waals surface area contributed by atoms with Crippen molar-refractivity contribution in [1.82, 2.24) is 0 Å². The smallest absolute Gasteiger partial charge is 0.293 e. The van der Waals surface area contributed by atoms with E-state index < -0.39 is 0 Å². The number of ether oxygens (including phenoxy) is 1. The fourth-order valence-electron chi connectivity index (χ4n) is 1.64. The van der Waals surface area contributed by atoms with Crippen LogP contribution in [0.25, 0.3) is 0 Å². The zero-order chi connectivity index (χ0) is 10.6. The molecule has 1 aromatic rings. The van der Waals surface area contributed by atoms with E-state index in [4.69, 9.17) is 4.74 Å². The molecule has 0 aliphatic carbocycles. The highest BCUT2D eigenvalue weighted by atomic mass is 16.5. The summed E-state index contributed by atoms with van der Waals surface area (Å²) >= 11 is 0. The number of carbonyl (C=O) groups excluding carboxylic acids is 1. The van der Waals surface area contributed by atoms with E-state index in [2.05, 4.69) is 13.0 Å². The molecule has 0 heterocycles. The van der Waals surface area contributed by atoms with Crippen molar-refractivity contribution in [1.29, 1.82) is 0 Å². The van der Waals surface area contributed by atoms with Gasteiger partial charge in [-0.1, -0.05) is 30.7 Å².